The van der Waals surface area contributed by atoms with E-state index in [4.69, 9.17) is 0 Å². The van der Waals surface area contributed by atoms with Crippen LogP contribution in [0.2, 0.25) is 0 Å². The lowest BCUT2D eigenvalue weighted by Gasteiger charge is -2.13. The lowest BCUT2D eigenvalue weighted by molar-refractivity contribution is 0.0464. The Morgan fingerprint density at radius 3 is 2.00 bits per heavy atom. The van der Waals surface area contributed by atoms with Crippen LogP contribution in [0.25, 0.3) is 0 Å². The monoisotopic (exact) mass is 129 g/mol. The molecule has 0 rings (SSSR count). The second-order valence-corrected chi connectivity index (χ2v) is 2.66. The van der Waals surface area contributed by atoms with Crippen molar-refractivity contribution in [3.8, 4) is 0 Å². The highest BCUT2D eigenvalue weighted by Crippen LogP contribution is 2.14. The third kappa shape index (κ3) is 3.52. The summed E-state index contributed by atoms with van der Waals surface area (Å²) in [5, 5.41) is 10.8. The van der Waals surface area contributed by atoms with Crippen LogP contribution in [0.15, 0.2) is 0 Å². The maximum absolute atomic E-state index is 10.8. The predicted octanol–water partition coefficient (Wildman–Crippen LogP) is 2.63. The van der Waals surface area contributed by atoms with Crippen LogP contribution in [0.5, 0.6) is 0 Å². The maximum Gasteiger partial charge on any atom is 0.0930 e. The van der Waals surface area contributed by atoms with Crippen molar-refractivity contribution < 1.29 is 5.11 Å². The van der Waals surface area contributed by atoms with Crippen LogP contribution in [-0.4, -0.2) is 6.10 Å². The Balaban J connectivity index is 3.41. The lowest BCUT2D eigenvalue weighted by atomic mass is 9.96. The molecule has 0 aliphatic rings. The van der Waals surface area contributed by atoms with Crippen molar-refractivity contribution in [1.82, 2.24) is 0 Å². The van der Waals surface area contributed by atoms with Crippen LogP contribution in [0.1, 0.15) is 40.0 Å². The summed E-state index contributed by atoms with van der Waals surface area (Å²) in [6.45, 7) is 5.99. The molecule has 1 heteroatoms. The van der Waals surface area contributed by atoms with Gasteiger partial charge in [-0.3, -0.25) is 0 Å². The van der Waals surface area contributed by atoms with Gasteiger partial charge in [0.05, 0.1) is 6.10 Å². The van der Waals surface area contributed by atoms with Crippen LogP contribution in [0, 0.1) is 5.92 Å². The highest BCUT2D eigenvalue weighted by Gasteiger charge is 2.11. The Kier molecular flexibility index (Phi) is 4.78. The van der Waals surface area contributed by atoms with E-state index in [1.54, 1.807) is 6.92 Å². The average Bonchev–Trinajstić information content (AvgIpc) is 1.82. The molecule has 0 bridgehead atoms. The molecule has 0 fully saturated rings. The molecule has 2 atom stereocenters. The minimum Gasteiger partial charge on any atom is -0.233 e. The van der Waals surface area contributed by atoms with Gasteiger partial charge >= 0.3 is 0 Å². The van der Waals surface area contributed by atoms with E-state index in [0.717, 1.165) is 19.3 Å². The van der Waals surface area contributed by atoms with Crippen LogP contribution >= 0.6 is 0 Å². The SMILES string of the molecule is CCCC(CC)C(C)[O]. The van der Waals surface area contributed by atoms with Gasteiger partial charge in [0.2, 0.25) is 0 Å². The van der Waals surface area contributed by atoms with Crippen LogP contribution in [0.4, 0.5) is 0 Å². The van der Waals surface area contributed by atoms with E-state index in [1.807, 2.05) is 0 Å². The molecular formula is C8H17O. The standard InChI is InChI=1S/C8H17O/c1-4-6-8(5-2)7(3)9/h7-8H,4-6H2,1-3H3. The van der Waals surface area contributed by atoms with Crippen molar-refractivity contribution in [2.24, 2.45) is 5.92 Å². The molecule has 9 heavy (non-hydrogen) atoms. The van der Waals surface area contributed by atoms with Crippen molar-refractivity contribution >= 4 is 0 Å². The molecule has 0 amide bonds. The average molecular weight is 129 g/mol. The first-order valence-corrected chi connectivity index (χ1v) is 3.88. The van der Waals surface area contributed by atoms with Crippen molar-refractivity contribution in [3.05, 3.63) is 0 Å². The molecule has 1 radical (unpaired) electrons. The Morgan fingerprint density at radius 1 is 1.33 bits per heavy atom. The summed E-state index contributed by atoms with van der Waals surface area (Å²) in [4.78, 5) is 0. The first-order valence-electron chi connectivity index (χ1n) is 3.88. The van der Waals surface area contributed by atoms with Crippen molar-refractivity contribution in [2.45, 2.75) is 46.1 Å². The summed E-state index contributed by atoms with van der Waals surface area (Å²) in [7, 11) is 0. The number of hydrogen-bond acceptors (Lipinski definition) is 0. The van der Waals surface area contributed by atoms with E-state index in [2.05, 4.69) is 13.8 Å². The molecule has 0 aromatic carbocycles. The molecule has 0 aliphatic heterocycles. The number of rotatable bonds is 4. The molecule has 0 saturated heterocycles. The normalized spacial score (nSPS) is 17.3. The zero-order valence-corrected chi connectivity index (χ0v) is 6.68. The highest BCUT2D eigenvalue weighted by atomic mass is 16.3. The van der Waals surface area contributed by atoms with Gasteiger partial charge in [0.25, 0.3) is 0 Å². The first kappa shape index (κ1) is 8.96. The largest absolute Gasteiger partial charge is 0.233 e. The maximum atomic E-state index is 10.8. The van der Waals surface area contributed by atoms with Gasteiger partial charge in [-0.15, -0.1) is 0 Å². The Morgan fingerprint density at radius 2 is 1.89 bits per heavy atom. The van der Waals surface area contributed by atoms with Crippen molar-refractivity contribution in [2.75, 3.05) is 0 Å². The smallest absolute Gasteiger partial charge is 0.0930 e. The first-order chi connectivity index (χ1) is 4.22. The molecule has 2 unspecified atom stereocenters. The molecule has 55 valence electrons. The fraction of sp³-hybridized carbons (Fsp3) is 1.00. The molecular weight excluding hydrogens is 112 g/mol. The van der Waals surface area contributed by atoms with Gasteiger partial charge in [0.1, 0.15) is 0 Å². The summed E-state index contributed by atoms with van der Waals surface area (Å²) in [6.07, 6.45) is 2.92. The fourth-order valence-electron chi connectivity index (χ4n) is 1.14. The molecule has 0 N–H and O–H groups in total. The van der Waals surface area contributed by atoms with Gasteiger partial charge in [-0.25, -0.2) is 5.11 Å². The molecule has 0 saturated carbocycles. The van der Waals surface area contributed by atoms with E-state index in [9.17, 15) is 5.11 Å². The van der Waals surface area contributed by atoms with E-state index in [-0.39, 0.29) is 6.10 Å². The van der Waals surface area contributed by atoms with E-state index >= 15 is 0 Å². The van der Waals surface area contributed by atoms with E-state index < -0.39 is 0 Å². The summed E-state index contributed by atoms with van der Waals surface area (Å²) in [5.74, 6) is 0.412. The van der Waals surface area contributed by atoms with Gasteiger partial charge in [-0.1, -0.05) is 26.7 Å². The van der Waals surface area contributed by atoms with E-state index in [0.29, 0.717) is 5.92 Å². The second kappa shape index (κ2) is 4.80. The second-order valence-electron chi connectivity index (χ2n) is 2.66. The van der Waals surface area contributed by atoms with Gasteiger partial charge in [0, 0.05) is 0 Å². The zero-order valence-electron chi connectivity index (χ0n) is 6.68. The van der Waals surface area contributed by atoms with E-state index in [1.165, 1.54) is 0 Å². The Labute approximate surface area is 58.1 Å². The van der Waals surface area contributed by atoms with Gasteiger partial charge in [-0.05, 0) is 19.3 Å². The van der Waals surface area contributed by atoms with Crippen LogP contribution in [-0.2, 0) is 5.11 Å². The molecule has 0 aromatic rings. The molecule has 0 heterocycles. The summed E-state index contributed by atoms with van der Waals surface area (Å²) >= 11 is 0. The lowest BCUT2D eigenvalue weighted by Crippen LogP contribution is -2.13. The van der Waals surface area contributed by atoms with Crippen molar-refractivity contribution in [1.29, 1.82) is 0 Å². The minimum atomic E-state index is -0.366. The molecule has 1 nitrogen and oxygen atoms in total. The molecule has 0 aliphatic carbocycles. The van der Waals surface area contributed by atoms with Gasteiger partial charge in [-0.2, -0.15) is 0 Å². The van der Waals surface area contributed by atoms with Gasteiger partial charge < -0.3 is 0 Å². The summed E-state index contributed by atoms with van der Waals surface area (Å²) < 4.78 is 0. The van der Waals surface area contributed by atoms with Crippen LogP contribution < -0.4 is 0 Å². The van der Waals surface area contributed by atoms with Gasteiger partial charge in [0.15, 0.2) is 0 Å². The summed E-state index contributed by atoms with van der Waals surface area (Å²) in [6, 6.07) is 0. The molecule has 0 aromatic heterocycles. The Bertz CT molecular complexity index is 59.6. The topological polar surface area (TPSA) is 19.9 Å². The van der Waals surface area contributed by atoms with Crippen molar-refractivity contribution in [3.63, 3.8) is 0 Å². The fourth-order valence-corrected chi connectivity index (χ4v) is 1.14. The number of hydrogen-bond donors (Lipinski definition) is 0. The third-order valence-electron chi connectivity index (χ3n) is 1.85. The zero-order chi connectivity index (χ0) is 7.28. The minimum absolute atomic E-state index is 0.366. The van der Waals surface area contributed by atoms with Crippen LogP contribution in [0.3, 0.4) is 0 Å². The predicted molar refractivity (Wildman–Crippen MR) is 38.8 cm³/mol. The highest BCUT2D eigenvalue weighted by molar-refractivity contribution is 4.61. The summed E-state index contributed by atoms with van der Waals surface area (Å²) in [5.41, 5.74) is 0. The molecule has 0 spiro atoms. The Hall–Kier alpha value is -0.0400. The quantitative estimate of drug-likeness (QED) is 0.556. The third-order valence-corrected chi connectivity index (χ3v) is 1.85.